The van der Waals surface area contributed by atoms with Gasteiger partial charge in [0.15, 0.2) is 0 Å². The van der Waals surface area contributed by atoms with E-state index in [1.165, 1.54) is 5.56 Å². The van der Waals surface area contributed by atoms with Crippen LogP contribution in [-0.4, -0.2) is 28.0 Å². The van der Waals surface area contributed by atoms with E-state index >= 15 is 0 Å². The summed E-state index contributed by atoms with van der Waals surface area (Å²) in [5.41, 5.74) is 2.29. The molecule has 3 nitrogen and oxygen atoms in total. The summed E-state index contributed by atoms with van der Waals surface area (Å²) in [6, 6.07) is 6.20. The minimum atomic E-state index is 0.831. The van der Waals surface area contributed by atoms with Gasteiger partial charge in [-0.05, 0) is 25.6 Å². The minimum absolute atomic E-state index is 0.831. The van der Waals surface area contributed by atoms with Crippen LogP contribution in [0.2, 0.25) is 0 Å². The zero-order chi connectivity index (χ0) is 12.3. The molecule has 1 aromatic carbocycles. The van der Waals surface area contributed by atoms with Crippen molar-refractivity contribution in [1.82, 2.24) is 14.9 Å². The number of aryl methyl sites for hydroxylation is 1. The van der Waals surface area contributed by atoms with E-state index in [0.717, 1.165) is 36.4 Å². The van der Waals surface area contributed by atoms with Crippen LogP contribution in [0.4, 0.5) is 0 Å². The molecule has 0 amide bonds. The topological polar surface area (TPSA) is 29.0 Å². The van der Waals surface area contributed by atoms with Gasteiger partial charge in [0.1, 0.15) is 5.82 Å². The second-order valence-corrected chi connectivity index (χ2v) is 4.26. The Bertz CT molecular complexity index is 504. The van der Waals surface area contributed by atoms with Crippen LogP contribution in [0, 0.1) is 6.92 Å². The molecule has 0 aliphatic carbocycles. The van der Waals surface area contributed by atoms with Gasteiger partial charge in [0.05, 0.1) is 12.1 Å². The Labute approximate surface area is 103 Å². The normalized spacial score (nSPS) is 11.3. The molecule has 2 aromatic rings. The summed E-state index contributed by atoms with van der Waals surface area (Å²) in [4.78, 5) is 11.4. The quantitative estimate of drug-likeness (QED) is 0.807. The Kier molecular flexibility index (Phi) is 3.69. The van der Waals surface area contributed by atoms with Crippen LogP contribution in [0.1, 0.15) is 25.2 Å². The smallest absolute Gasteiger partial charge is 0.142 e. The molecule has 0 unspecified atom stereocenters. The van der Waals surface area contributed by atoms with Gasteiger partial charge in [0, 0.05) is 11.6 Å². The van der Waals surface area contributed by atoms with Gasteiger partial charge < -0.3 is 0 Å². The fraction of sp³-hybridized carbons (Fsp3) is 0.429. The first-order chi connectivity index (χ1) is 8.24. The fourth-order valence-corrected chi connectivity index (χ4v) is 1.96. The van der Waals surface area contributed by atoms with Crippen LogP contribution in [0.5, 0.6) is 0 Å². The van der Waals surface area contributed by atoms with Crippen LogP contribution in [0.3, 0.4) is 0 Å². The lowest BCUT2D eigenvalue weighted by molar-refractivity contribution is 0.288. The van der Waals surface area contributed by atoms with Crippen LogP contribution in [-0.2, 0) is 6.54 Å². The third-order valence-corrected chi connectivity index (χ3v) is 3.12. The number of para-hydroxylation sites is 1. The number of aromatic nitrogens is 2. The van der Waals surface area contributed by atoms with Crippen molar-refractivity contribution in [2.24, 2.45) is 0 Å². The molecule has 0 spiro atoms. The Morgan fingerprint density at radius 3 is 2.65 bits per heavy atom. The Balaban J connectivity index is 2.34. The maximum Gasteiger partial charge on any atom is 0.142 e. The van der Waals surface area contributed by atoms with Crippen LogP contribution < -0.4 is 0 Å². The molecule has 0 saturated heterocycles. The standard InChI is InChI=1S/C14H19N3/c1-4-17(5-2)10-13-15-9-12-8-6-7-11(3)14(12)16-13/h6-9H,4-5,10H2,1-3H3. The van der Waals surface area contributed by atoms with E-state index in [2.05, 4.69) is 47.8 Å². The molecule has 3 heteroatoms. The summed E-state index contributed by atoms with van der Waals surface area (Å²) in [6.45, 7) is 9.32. The highest BCUT2D eigenvalue weighted by atomic mass is 15.1. The SMILES string of the molecule is CCN(CC)Cc1ncc2cccc(C)c2n1. The van der Waals surface area contributed by atoms with E-state index in [1.807, 2.05) is 12.3 Å². The molecule has 1 aromatic heterocycles. The highest BCUT2D eigenvalue weighted by Crippen LogP contribution is 2.15. The molecule has 0 atom stereocenters. The van der Waals surface area contributed by atoms with Crippen molar-refractivity contribution < 1.29 is 0 Å². The van der Waals surface area contributed by atoms with E-state index < -0.39 is 0 Å². The Morgan fingerprint density at radius 1 is 1.18 bits per heavy atom. The Morgan fingerprint density at radius 2 is 1.94 bits per heavy atom. The molecule has 1 heterocycles. The first kappa shape index (κ1) is 12.0. The molecule has 90 valence electrons. The average Bonchev–Trinajstić information content (AvgIpc) is 2.37. The van der Waals surface area contributed by atoms with Crippen molar-refractivity contribution in [1.29, 1.82) is 0 Å². The third-order valence-electron chi connectivity index (χ3n) is 3.12. The summed E-state index contributed by atoms with van der Waals surface area (Å²) in [5, 5.41) is 1.12. The summed E-state index contributed by atoms with van der Waals surface area (Å²) >= 11 is 0. The van der Waals surface area contributed by atoms with Crippen LogP contribution in [0.25, 0.3) is 10.9 Å². The predicted octanol–water partition coefficient (Wildman–Crippen LogP) is 2.78. The van der Waals surface area contributed by atoms with Crippen molar-refractivity contribution in [3.63, 3.8) is 0 Å². The molecule has 0 aliphatic heterocycles. The summed E-state index contributed by atoms with van der Waals surface area (Å²) in [7, 11) is 0. The van der Waals surface area contributed by atoms with Gasteiger partial charge in [-0.25, -0.2) is 9.97 Å². The molecule has 0 bridgehead atoms. The average molecular weight is 229 g/mol. The predicted molar refractivity (Wildman–Crippen MR) is 70.9 cm³/mol. The molecule has 0 N–H and O–H groups in total. The summed E-state index contributed by atoms with van der Waals surface area (Å²) in [5.74, 6) is 0.913. The lowest BCUT2D eigenvalue weighted by atomic mass is 10.1. The van der Waals surface area contributed by atoms with E-state index in [4.69, 9.17) is 0 Å². The van der Waals surface area contributed by atoms with Gasteiger partial charge in [-0.1, -0.05) is 32.0 Å². The largest absolute Gasteiger partial charge is 0.296 e. The number of benzene rings is 1. The highest BCUT2D eigenvalue weighted by molar-refractivity contribution is 5.80. The van der Waals surface area contributed by atoms with Gasteiger partial charge in [0.25, 0.3) is 0 Å². The van der Waals surface area contributed by atoms with E-state index in [1.54, 1.807) is 0 Å². The number of rotatable bonds is 4. The van der Waals surface area contributed by atoms with Crippen molar-refractivity contribution in [2.75, 3.05) is 13.1 Å². The fourth-order valence-electron chi connectivity index (χ4n) is 1.96. The molecular formula is C14H19N3. The monoisotopic (exact) mass is 229 g/mol. The molecular weight excluding hydrogens is 210 g/mol. The molecule has 0 fully saturated rings. The maximum atomic E-state index is 4.66. The number of nitrogens with zero attached hydrogens (tertiary/aromatic N) is 3. The molecule has 17 heavy (non-hydrogen) atoms. The van der Waals surface area contributed by atoms with Gasteiger partial charge in [0.2, 0.25) is 0 Å². The number of hydrogen-bond donors (Lipinski definition) is 0. The maximum absolute atomic E-state index is 4.66. The van der Waals surface area contributed by atoms with E-state index in [9.17, 15) is 0 Å². The van der Waals surface area contributed by atoms with E-state index in [-0.39, 0.29) is 0 Å². The number of hydrogen-bond acceptors (Lipinski definition) is 3. The van der Waals surface area contributed by atoms with E-state index in [0.29, 0.717) is 0 Å². The zero-order valence-electron chi connectivity index (χ0n) is 10.8. The molecule has 0 radical (unpaired) electrons. The lowest BCUT2D eigenvalue weighted by Gasteiger charge is -2.16. The Hall–Kier alpha value is -1.48. The zero-order valence-corrected chi connectivity index (χ0v) is 10.8. The molecule has 0 saturated carbocycles. The number of fused-ring (bicyclic) bond motifs is 1. The lowest BCUT2D eigenvalue weighted by Crippen LogP contribution is -2.23. The van der Waals surface area contributed by atoms with Gasteiger partial charge in [-0.2, -0.15) is 0 Å². The second-order valence-electron chi connectivity index (χ2n) is 4.26. The minimum Gasteiger partial charge on any atom is -0.296 e. The van der Waals surface area contributed by atoms with Gasteiger partial charge in [-0.15, -0.1) is 0 Å². The molecule has 0 aliphatic rings. The van der Waals surface area contributed by atoms with Crippen LogP contribution >= 0.6 is 0 Å². The van der Waals surface area contributed by atoms with Crippen LogP contribution in [0.15, 0.2) is 24.4 Å². The molecule has 2 rings (SSSR count). The summed E-state index contributed by atoms with van der Waals surface area (Å²) < 4.78 is 0. The highest BCUT2D eigenvalue weighted by Gasteiger charge is 2.05. The van der Waals surface area contributed by atoms with Crippen molar-refractivity contribution in [3.05, 3.63) is 35.8 Å². The van der Waals surface area contributed by atoms with Crippen molar-refractivity contribution in [2.45, 2.75) is 27.3 Å². The third kappa shape index (κ3) is 2.61. The first-order valence-corrected chi connectivity index (χ1v) is 6.18. The summed E-state index contributed by atoms with van der Waals surface area (Å²) in [6.07, 6.45) is 1.92. The van der Waals surface area contributed by atoms with Crippen molar-refractivity contribution >= 4 is 10.9 Å². The van der Waals surface area contributed by atoms with Crippen molar-refractivity contribution in [3.8, 4) is 0 Å². The second kappa shape index (κ2) is 5.23. The first-order valence-electron chi connectivity index (χ1n) is 6.18. The van der Waals surface area contributed by atoms with Gasteiger partial charge in [-0.3, -0.25) is 4.90 Å². The van der Waals surface area contributed by atoms with Gasteiger partial charge >= 0.3 is 0 Å².